The molecule has 3 N–H and O–H groups in total. The van der Waals surface area contributed by atoms with Crippen LogP contribution in [0.15, 0.2) is 24.3 Å². The van der Waals surface area contributed by atoms with Crippen molar-refractivity contribution in [2.45, 2.75) is 0 Å². The molecule has 0 bridgehead atoms. The van der Waals surface area contributed by atoms with Crippen LogP contribution in [0.25, 0.3) is 0 Å². The number of benzene rings is 1. The van der Waals surface area contributed by atoms with E-state index in [1.165, 1.54) is 0 Å². The molecule has 5 heteroatoms. The van der Waals surface area contributed by atoms with E-state index in [1.807, 2.05) is 0 Å². The van der Waals surface area contributed by atoms with Crippen molar-refractivity contribution in [3.8, 4) is 0 Å². The van der Waals surface area contributed by atoms with Crippen molar-refractivity contribution in [1.29, 1.82) is 0 Å². The van der Waals surface area contributed by atoms with Crippen LogP contribution >= 0.6 is 0 Å². The third-order valence-corrected chi connectivity index (χ3v) is 1.85. The van der Waals surface area contributed by atoms with Crippen LogP contribution in [-0.4, -0.2) is 14.7 Å². The first-order valence-corrected chi connectivity index (χ1v) is 5.20. The maximum Gasteiger partial charge on any atom is 0.229 e. The molecule has 0 aliphatic rings. The zero-order valence-electron chi connectivity index (χ0n) is 6.61. The van der Waals surface area contributed by atoms with E-state index in [0.717, 1.165) is 6.26 Å². The Labute approximate surface area is 71.4 Å². The molecule has 0 fully saturated rings. The highest BCUT2D eigenvalue weighted by atomic mass is 32.2. The van der Waals surface area contributed by atoms with Gasteiger partial charge in [0, 0.05) is 0 Å². The minimum absolute atomic E-state index is 0.417. The SMILES string of the molecule is CS(=O)(=O)Nc1ccccc1N. The van der Waals surface area contributed by atoms with E-state index < -0.39 is 10.0 Å². The molecular formula is C7H10N2O2S. The van der Waals surface area contributed by atoms with Crippen molar-refractivity contribution in [3.05, 3.63) is 24.3 Å². The molecule has 0 heterocycles. The van der Waals surface area contributed by atoms with Crippen LogP contribution in [0.5, 0.6) is 0 Å². The van der Waals surface area contributed by atoms with Gasteiger partial charge in [-0.05, 0) is 12.1 Å². The van der Waals surface area contributed by atoms with Gasteiger partial charge in [0.05, 0.1) is 17.6 Å². The standard InChI is InChI=1S/C7H10N2O2S/c1-12(10,11)9-7-5-3-2-4-6(7)8/h2-5,9H,8H2,1H3. The van der Waals surface area contributed by atoms with Gasteiger partial charge >= 0.3 is 0 Å². The quantitative estimate of drug-likeness (QED) is 0.666. The Bertz CT molecular complexity index is 373. The van der Waals surface area contributed by atoms with Gasteiger partial charge in [0.15, 0.2) is 0 Å². The van der Waals surface area contributed by atoms with Gasteiger partial charge in [-0.25, -0.2) is 8.42 Å². The molecule has 1 aromatic carbocycles. The van der Waals surface area contributed by atoms with Gasteiger partial charge in [0.25, 0.3) is 0 Å². The first kappa shape index (κ1) is 8.86. The van der Waals surface area contributed by atoms with Crippen molar-refractivity contribution in [2.24, 2.45) is 0 Å². The molecule has 0 aliphatic carbocycles. The highest BCUT2D eigenvalue weighted by Gasteiger charge is 2.02. The van der Waals surface area contributed by atoms with Crippen molar-refractivity contribution in [1.82, 2.24) is 0 Å². The fourth-order valence-electron chi connectivity index (χ4n) is 0.790. The third kappa shape index (κ3) is 2.43. The number of sulfonamides is 1. The summed E-state index contributed by atoms with van der Waals surface area (Å²) in [5.41, 5.74) is 6.34. The Balaban J connectivity index is 2.98. The second kappa shape index (κ2) is 3.02. The lowest BCUT2D eigenvalue weighted by molar-refractivity contribution is 0.607. The maximum atomic E-state index is 10.8. The van der Waals surface area contributed by atoms with Crippen LogP contribution in [0.1, 0.15) is 0 Å². The average Bonchev–Trinajstić information content (AvgIpc) is 1.91. The first-order chi connectivity index (χ1) is 5.49. The van der Waals surface area contributed by atoms with Crippen molar-refractivity contribution < 1.29 is 8.42 Å². The lowest BCUT2D eigenvalue weighted by Crippen LogP contribution is -2.10. The first-order valence-electron chi connectivity index (χ1n) is 3.31. The molecule has 1 aromatic rings. The molecule has 12 heavy (non-hydrogen) atoms. The molecular weight excluding hydrogens is 176 g/mol. The highest BCUT2D eigenvalue weighted by molar-refractivity contribution is 7.92. The molecule has 0 amide bonds. The van der Waals surface area contributed by atoms with E-state index in [9.17, 15) is 8.42 Å². The van der Waals surface area contributed by atoms with E-state index in [4.69, 9.17) is 5.73 Å². The smallest absolute Gasteiger partial charge is 0.229 e. The molecule has 0 aromatic heterocycles. The fourth-order valence-corrected chi connectivity index (χ4v) is 1.38. The Hall–Kier alpha value is -1.23. The van der Waals surface area contributed by atoms with Gasteiger partial charge in [-0.1, -0.05) is 12.1 Å². The Kier molecular flexibility index (Phi) is 2.23. The lowest BCUT2D eigenvalue weighted by atomic mass is 10.3. The lowest BCUT2D eigenvalue weighted by Gasteiger charge is -2.05. The molecule has 4 nitrogen and oxygen atoms in total. The molecule has 0 radical (unpaired) electrons. The third-order valence-electron chi connectivity index (χ3n) is 1.26. The van der Waals surface area contributed by atoms with Gasteiger partial charge in [-0.3, -0.25) is 4.72 Å². The Morgan fingerprint density at radius 3 is 2.42 bits per heavy atom. The number of anilines is 2. The van der Waals surface area contributed by atoms with Gasteiger partial charge in [-0.15, -0.1) is 0 Å². The molecule has 1 rings (SSSR count). The van der Waals surface area contributed by atoms with Gasteiger partial charge in [-0.2, -0.15) is 0 Å². The number of hydrogen-bond donors (Lipinski definition) is 2. The van der Waals surface area contributed by atoms with Gasteiger partial charge in [0.2, 0.25) is 10.0 Å². The topological polar surface area (TPSA) is 72.2 Å². The molecule has 0 saturated heterocycles. The summed E-state index contributed by atoms with van der Waals surface area (Å²) >= 11 is 0. The summed E-state index contributed by atoms with van der Waals surface area (Å²) in [6, 6.07) is 6.69. The largest absolute Gasteiger partial charge is 0.397 e. The van der Waals surface area contributed by atoms with Crippen LogP contribution in [0.3, 0.4) is 0 Å². The fraction of sp³-hybridized carbons (Fsp3) is 0.143. The summed E-state index contributed by atoms with van der Waals surface area (Å²) in [5.74, 6) is 0. The number of para-hydroxylation sites is 2. The second-order valence-corrected chi connectivity index (χ2v) is 4.21. The zero-order valence-corrected chi connectivity index (χ0v) is 7.43. The monoisotopic (exact) mass is 186 g/mol. The molecule has 0 saturated carbocycles. The summed E-state index contributed by atoms with van der Waals surface area (Å²) in [5, 5.41) is 0. The van der Waals surface area contributed by atoms with Crippen molar-refractivity contribution in [3.63, 3.8) is 0 Å². The number of rotatable bonds is 2. The van der Waals surface area contributed by atoms with Gasteiger partial charge < -0.3 is 5.73 Å². The van der Waals surface area contributed by atoms with Crippen LogP contribution in [0.4, 0.5) is 11.4 Å². The number of nitrogen functional groups attached to an aromatic ring is 1. The summed E-state index contributed by atoms with van der Waals surface area (Å²) in [7, 11) is -3.23. The average molecular weight is 186 g/mol. The van der Waals surface area contributed by atoms with E-state index in [1.54, 1.807) is 24.3 Å². The Morgan fingerprint density at radius 2 is 1.92 bits per heavy atom. The minimum Gasteiger partial charge on any atom is -0.397 e. The van der Waals surface area contributed by atoms with Crippen LogP contribution in [0.2, 0.25) is 0 Å². The number of nitrogens with two attached hydrogens (primary N) is 1. The summed E-state index contributed by atoms with van der Waals surface area (Å²) < 4.78 is 23.9. The second-order valence-electron chi connectivity index (χ2n) is 2.46. The Morgan fingerprint density at radius 1 is 1.33 bits per heavy atom. The maximum absolute atomic E-state index is 10.8. The minimum atomic E-state index is -3.23. The van der Waals surface area contributed by atoms with Crippen molar-refractivity contribution in [2.75, 3.05) is 16.7 Å². The molecule has 0 unspecified atom stereocenters. The van der Waals surface area contributed by atoms with E-state index >= 15 is 0 Å². The summed E-state index contributed by atoms with van der Waals surface area (Å²) in [6.07, 6.45) is 1.08. The summed E-state index contributed by atoms with van der Waals surface area (Å²) in [6.45, 7) is 0. The zero-order chi connectivity index (χ0) is 9.19. The molecule has 0 atom stereocenters. The van der Waals surface area contributed by atoms with Crippen molar-refractivity contribution >= 4 is 21.4 Å². The normalized spacial score (nSPS) is 11.1. The predicted octanol–water partition coefficient (Wildman–Crippen LogP) is 0.640. The summed E-state index contributed by atoms with van der Waals surface area (Å²) in [4.78, 5) is 0. The van der Waals surface area contributed by atoms with Gasteiger partial charge in [0.1, 0.15) is 0 Å². The molecule has 0 aliphatic heterocycles. The molecule has 66 valence electrons. The van der Waals surface area contributed by atoms with E-state index in [2.05, 4.69) is 4.72 Å². The molecule has 0 spiro atoms. The van der Waals surface area contributed by atoms with E-state index in [0.29, 0.717) is 11.4 Å². The number of hydrogen-bond acceptors (Lipinski definition) is 3. The van der Waals surface area contributed by atoms with Crippen LogP contribution in [-0.2, 0) is 10.0 Å². The highest BCUT2D eigenvalue weighted by Crippen LogP contribution is 2.17. The number of nitrogens with one attached hydrogen (secondary N) is 1. The van der Waals surface area contributed by atoms with Crippen LogP contribution < -0.4 is 10.5 Å². The van der Waals surface area contributed by atoms with Crippen LogP contribution in [0, 0.1) is 0 Å². The van der Waals surface area contributed by atoms with E-state index in [-0.39, 0.29) is 0 Å². The predicted molar refractivity (Wildman–Crippen MR) is 49.3 cm³/mol.